The van der Waals surface area contributed by atoms with Crippen molar-refractivity contribution in [3.63, 3.8) is 0 Å². The maximum absolute atomic E-state index is 12.9. The predicted molar refractivity (Wildman–Crippen MR) is 140 cm³/mol. The van der Waals surface area contributed by atoms with Crippen LogP contribution in [0.25, 0.3) is 5.69 Å². The second kappa shape index (κ2) is 10.8. The lowest BCUT2D eigenvalue weighted by molar-refractivity contribution is -0.148. The fourth-order valence-electron chi connectivity index (χ4n) is 4.68. The normalized spacial score (nSPS) is 13.9. The topological polar surface area (TPSA) is 80.6 Å². The van der Waals surface area contributed by atoms with Crippen LogP contribution in [0.4, 0.5) is 10.5 Å². The Morgan fingerprint density at radius 3 is 2.28 bits per heavy atom. The number of hydrogen-bond acceptors (Lipinski definition) is 4. The fraction of sp³-hybridized carbons (Fsp3) is 0.345. The highest BCUT2D eigenvalue weighted by Crippen LogP contribution is 2.24. The van der Waals surface area contributed by atoms with Crippen LogP contribution in [0.5, 0.6) is 0 Å². The molecule has 0 aliphatic carbocycles. The zero-order valence-corrected chi connectivity index (χ0v) is 21.3. The average Bonchev–Trinajstić information content (AvgIpc) is 3.18. The van der Waals surface area contributed by atoms with Crippen molar-refractivity contribution in [3.8, 4) is 5.69 Å². The summed E-state index contributed by atoms with van der Waals surface area (Å²) in [5.74, 6) is -0.915. The van der Waals surface area contributed by atoms with Crippen LogP contribution in [0.2, 0.25) is 0 Å². The molecular weight excluding hydrogens is 454 g/mol. The Morgan fingerprint density at radius 1 is 0.917 bits per heavy atom. The molecule has 3 aromatic rings. The molecule has 1 saturated heterocycles. The van der Waals surface area contributed by atoms with Gasteiger partial charge in [-0.15, -0.1) is 0 Å². The molecule has 1 fully saturated rings. The van der Waals surface area contributed by atoms with Crippen molar-refractivity contribution in [1.82, 2.24) is 9.47 Å². The lowest BCUT2D eigenvalue weighted by atomic mass is 9.97. The molecule has 2 heterocycles. The molecule has 0 saturated carbocycles. The van der Waals surface area contributed by atoms with E-state index in [0.29, 0.717) is 31.5 Å². The molecule has 1 aliphatic rings. The Morgan fingerprint density at radius 2 is 1.61 bits per heavy atom. The van der Waals surface area contributed by atoms with E-state index >= 15 is 0 Å². The summed E-state index contributed by atoms with van der Waals surface area (Å²) >= 11 is 0. The lowest BCUT2D eigenvalue weighted by Gasteiger charge is -2.30. The standard InChI is InChI=1S/C29H33N3O4/c1-19-10-11-25(16-20(19)2)32-21(3)17-26(22(32)4)27(33)18-36-28(34)23-12-14-31(15-13-23)29(35)30-24-8-6-5-7-9-24/h5-11,16-17,23H,12-15,18H2,1-4H3,(H,30,35). The number of likely N-dealkylation sites (tertiary alicyclic amines) is 1. The van der Waals surface area contributed by atoms with Gasteiger partial charge in [0.05, 0.1) is 5.92 Å². The number of nitrogens with one attached hydrogen (secondary N) is 1. The SMILES string of the molecule is Cc1ccc(-n2c(C)cc(C(=O)COC(=O)C3CCN(C(=O)Nc4ccccc4)CC3)c2C)cc1C. The summed E-state index contributed by atoms with van der Waals surface area (Å²) in [6.07, 6.45) is 1.02. The largest absolute Gasteiger partial charge is 0.457 e. The number of aryl methyl sites for hydroxylation is 3. The molecule has 7 heteroatoms. The van der Waals surface area contributed by atoms with Crippen molar-refractivity contribution >= 4 is 23.5 Å². The molecule has 36 heavy (non-hydrogen) atoms. The summed E-state index contributed by atoms with van der Waals surface area (Å²) in [4.78, 5) is 39.7. The Hall–Kier alpha value is -3.87. The van der Waals surface area contributed by atoms with E-state index in [-0.39, 0.29) is 30.3 Å². The molecule has 0 radical (unpaired) electrons. The molecule has 0 unspecified atom stereocenters. The zero-order valence-electron chi connectivity index (χ0n) is 21.3. The van der Waals surface area contributed by atoms with Gasteiger partial charge >= 0.3 is 12.0 Å². The minimum atomic E-state index is -0.380. The van der Waals surface area contributed by atoms with Crippen molar-refractivity contribution < 1.29 is 19.1 Å². The number of carbonyl (C=O) groups excluding carboxylic acids is 3. The van der Waals surface area contributed by atoms with Gasteiger partial charge in [0.1, 0.15) is 0 Å². The number of anilines is 1. The van der Waals surface area contributed by atoms with Crippen molar-refractivity contribution in [2.75, 3.05) is 25.0 Å². The monoisotopic (exact) mass is 487 g/mol. The van der Waals surface area contributed by atoms with Crippen LogP contribution in [0.15, 0.2) is 54.6 Å². The van der Waals surface area contributed by atoms with E-state index in [9.17, 15) is 14.4 Å². The number of hydrogen-bond donors (Lipinski definition) is 1. The summed E-state index contributed by atoms with van der Waals surface area (Å²) in [6.45, 7) is 8.65. The number of amides is 2. The van der Waals surface area contributed by atoms with E-state index in [1.54, 1.807) is 4.90 Å². The first-order valence-corrected chi connectivity index (χ1v) is 12.3. The minimum Gasteiger partial charge on any atom is -0.457 e. The summed E-state index contributed by atoms with van der Waals surface area (Å²) in [5.41, 5.74) is 6.48. The molecule has 7 nitrogen and oxygen atoms in total. The third-order valence-corrected chi connectivity index (χ3v) is 6.97. The number of nitrogens with zero attached hydrogens (tertiary/aromatic N) is 2. The fourth-order valence-corrected chi connectivity index (χ4v) is 4.68. The second-order valence-corrected chi connectivity index (χ2v) is 9.48. The van der Waals surface area contributed by atoms with Gasteiger partial charge in [0, 0.05) is 41.4 Å². The maximum atomic E-state index is 12.9. The van der Waals surface area contributed by atoms with Gasteiger partial charge in [0.25, 0.3) is 0 Å². The van der Waals surface area contributed by atoms with Crippen molar-refractivity contribution in [2.45, 2.75) is 40.5 Å². The molecular formula is C29H33N3O4. The van der Waals surface area contributed by atoms with E-state index in [0.717, 1.165) is 22.8 Å². The Labute approximate surface area is 212 Å². The van der Waals surface area contributed by atoms with Gasteiger partial charge in [-0.05, 0) is 82.0 Å². The molecule has 0 spiro atoms. The van der Waals surface area contributed by atoms with E-state index in [2.05, 4.69) is 35.9 Å². The number of esters is 1. The van der Waals surface area contributed by atoms with E-state index < -0.39 is 0 Å². The van der Waals surface area contributed by atoms with E-state index in [1.165, 1.54) is 11.1 Å². The number of benzene rings is 2. The molecule has 0 atom stereocenters. The van der Waals surface area contributed by atoms with Crippen molar-refractivity contribution in [2.24, 2.45) is 5.92 Å². The van der Waals surface area contributed by atoms with Gasteiger partial charge in [-0.25, -0.2) is 4.79 Å². The maximum Gasteiger partial charge on any atom is 0.321 e. The van der Waals surface area contributed by atoms with Gasteiger partial charge in [0.15, 0.2) is 6.61 Å². The predicted octanol–water partition coefficient (Wildman–Crippen LogP) is 5.38. The van der Waals surface area contributed by atoms with Crippen molar-refractivity contribution in [1.29, 1.82) is 0 Å². The summed E-state index contributed by atoms with van der Waals surface area (Å²) < 4.78 is 7.47. The molecule has 1 N–H and O–H groups in total. The molecule has 1 aromatic heterocycles. The number of piperidine rings is 1. The third kappa shape index (κ3) is 5.51. The number of ether oxygens (including phenoxy) is 1. The number of urea groups is 1. The number of Topliss-reactive ketones (excluding diaryl/α,β-unsaturated/α-hetero) is 1. The van der Waals surface area contributed by atoms with Gasteiger partial charge < -0.3 is 19.5 Å². The average molecular weight is 488 g/mol. The molecule has 0 bridgehead atoms. The smallest absolute Gasteiger partial charge is 0.321 e. The highest BCUT2D eigenvalue weighted by Gasteiger charge is 2.29. The number of carbonyl (C=O) groups is 3. The Balaban J connectivity index is 1.31. The molecule has 2 amide bonds. The highest BCUT2D eigenvalue weighted by molar-refractivity contribution is 5.99. The van der Waals surface area contributed by atoms with Crippen LogP contribution in [0, 0.1) is 33.6 Å². The second-order valence-electron chi connectivity index (χ2n) is 9.48. The molecule has 4 rings (SSSR count). The van der Waals surface area contributed by atoms with Gasteiger partial charge in [0.2, 0.25) is 5.78 Å². The first-order valence-electron chi connectivity index (χ1n) is 12.3. The number of aromatic nitrogens is 1. The summed E-state index contributed by atoms with van der Waals surface area (Å²) in [5, 5.41) is 2.87. The number of ketones is 1. The van der Waals surface area contributed by atoms with Gasteiger partial charge in [-0.1, -0.05) is 24.3 Å². The van der Waals surface area contributed by atoms with Crippen LogP contribution in [0.1, 0.15) is 45.7 Å². The number of para-hydroxylation sites is 1. The first-order chi connectivity index (χ1) is 17.2. The van der Waals surface area contributed by atoms with Crippen LogP contribution < -0.4 is 5.32 Å². The van der Waals surface area contributed by atoms with E-state index in [1.807, 2.05) is 56.3 Å². The highest BCUT2D eigenvalue weighted by atomic mass is 16.5. The van der Waals surface area contributed by atoms with Crippen LogP contribution in [-0.4, -0.2) is 46.9 Å². The quantitative estimate of drug-likeness (QED) is 0.374. The molecule has 1 aliphatic heterocycles. The van der Waals surface area contributed by atoms with Gasteiger partial charge in [-0.3, -0.25) is 9.59 Å². The number of rotatable bonds is 6. The Kier molecular flexibility index (Phi) is 7.58. The van der Waals surface area contributed by atoms with Crippen LogP contribution in [0.3, 0.4) is 0 Å². The Bertz CT molecular complexity index is 1270. The minimum absolute atomic E-state index is 0.178. The van der Waals surface area contributed by atoms with E-state index in [4.69, 9.17) is 4.74 Å². The summed E-state index contributed by atoms with van der Waals surface area (Å²) in [7, 11) is 0. The first kappa shape index (κ1) is 25.2. The van der Waals surface area contributed by atoms with Crippen molar-refractivity contribution in [3.05, 3.63) is 82.7 Å². The van der Waals surface area contributed by atoms with Crippen LogP contribution in [-0.2, 0) is 9.53 Å². The third-order valence-electron chi connectivity index (χ3n) is 6.97. The lowest BCUT2D eigenvalue weighted by Crippen LogP contribution is -2.42. The molecule has 2 aromatic carbocycles. The summed E-state index contributed by atoms with van der Waals surface area (Å²) in [6, 6.07) is 17.2. The molecule has 188 valence electrons. The zero-order chi connectivity index (χ0) is 25.8. The van der Waals surface area contributed by atoms with Gasteiger partial charge in [-0.2, -0.15) is 0 Å². The van der Waals surface area contributed by atoms with Crippen LogP contribution >= 0.6 is 0 Å².